The van der Waals surface area contributed by atoms with Gasteiger partial charge in [0, 0.05) is 34.6 Å². The fraction of sp³-hybridized carbons (Fsp3) is 0.0952. The maximum atomic E-state index is 13.4. The quantitative estimate of drug-likeness (QED) is 0.136. The highest BCUT2D eigenvalue weighted by atomic mass is 79.9. The van der Waals surface area contributed by atoms with Gasteiger partial charge < -0.3 is 19.7 Å². The number of phenols is 2. The Bertz CT molecular complexity index is 2000. The van der Waals surface area contributed by atoms with E-state index in [2.05, 4.69) is 31.9 Å². The van der Waals surface area contributed by atoms with Crippen molar-refractivity contribution in [1.82, 2.24) is 0 Å². The lowest BCUT2D eigenvalue weighted by Gasteiger charge is -2.20. The van der Waals surface area contributed by atoms with Crippen LogP contribution < -0.4 is 9.47 Å². The predicted molar refractivity (Wildman–Crippen MR) is 199 cm³/mol. The molecule has 0 heterocycles. The lowest BCUT2D eigenvalue weighted by Crippen LogP contribution is -2.13. The summed E-state index contributed by atoms with van der Waals surface area (Å²) in [6, 6.07) is 36.2. The molecule has 7 rings (SSSR count). The van der Waals surface area contributed by atoms with Crippen molar-refractivity contribution >= 4 is 43.8 Å². The number of rotatable bonds is 4. The first-order valence-electron chi connectivity index (χ1n) is 16.0. The summed E-state index contributed by atoms with van der Waals surface area (Å²) in [6.07, 6.45) is 0.981. The van der Waals surface area contributed by atoms with Crippen LogP contribution in [0.1, 0.15) is 65.2 Å². The normalized spacial score (nSPS) is 12.2. The van der Waals surface area contributed by atoms with Gasteiger partial charge in [-0.05, 0) is 93.0 Å². The highest BCUT2D eigenvalue weighted by molar-refractivity contribution is 9.10. The molecule has 50 heavy (non-hydrogen) atoms. The molecule has 0 radical (unpaired) electrons. The maximum Gasteiger partial charge on any atom is 0.343 e. The maximum absolute atomic E-state index is 13.4. The zero-order valence-corrected chi connectivity index (χ0v) is 29.8. The Kier molecular flexibility index (Phi) is 9.57. The molecule has 8 bridgehead atoms. The van der Waals surface area contributed by atoms with E-state index in [0.717, 1.165) is 8.95 Å². The van der Waals surface area contributed by atoms with Crippen molar-refractivity contribution in [2.45, 2.75) is 25.7 Å². The molecule has 1 aliphatic carbocycles. The second kappa shape index (κ2) is 14.4. The van der Waals surface area contributed by atoms with Gasteiger partial charge in [-0.25, -0.2) is 9.59 Å². The highest BCUT2D eigenvalue weighted by Gasteiger charge is 2.23. The molecule has 2 N–H and O–H groups in total. The molecule has 0 aliphatic heterocycles. The predicted octanol–water partition coefficient (Wildman–Crippen LogP) is 9.74. The smallest absolute Gasteiger partial charge is 0.343 e. The molecule has 1 aliphatic rings. The number of para-hydroxylation sites is 2. The van der Waals surface area contributed by atoms with Gasteiger partial charge in [0.15, 0.2) is 0 Å². The van der Waals surface area contributed by atoms with E-state index in [0.29, 0.717) is 67.1 Å². The second-order valence-electron chi connectivity index (χ2n) is 12.2. The van der Waals surface area contributed by atoms with Gasteiger partial charge in [0.05, 0.1) is 11.1 Å². The molecule has 248 valence electrons. The number of esters is 2. The third kappa shape index (κ3) is 7.08. The molecule has 0 amide bonds. The Balaban J connectivity index is 1.40. The Morgan fingerprint density at radius 3 is 1.04 bits per heavy atom. The molecule has 0 fully saturated rings. The molecule has 0 saturated heterocycles. The number of hydrogen-bond donors (Lipinski definition) is 2. The van der Waals surface area contributed by atoms with Crippen LogP contribution in [0.4, 0.5) is 0 Å². The number of hydrogen-bond acceptors (Lipinski definition) is 6. The average molecular weight is 791 g/mol. The van der Waals surface area contributed by atoms with Gasteiger partial charge >= 0.3 is 11.9 Å². The summed E-state index contributed by atoms with van der Waals surface area (Å²) in [7, 11) is 0. The van der Waals surface area contributed by atoms with Crippen LogP contribution >= 0.6 is 31.9 Å². The van der Waals surface area contributed by atoms with Gasteiger partial charge in [0.25, 0.3) is 0 Å². The first-order valence-corrected chi connectivity index (χ1v) is 17.6. The van der Waals surface area contributed by atoms with E-state index in [9.17, 15) is 19.8 Å². The SMILES string of the molecule is O=C(Oc1c2cccc1Cc1cc(Br)cc(c1O)Cc1cccc(c1OC(=O)c1ccccc1)Cc1cc(Br)cc(c1O)C2)c1ccccc1. The third-order valence-corrected chi connectivity index (χ3v) is 9.67. The molecule has 0 spiro atoms. The van der Waals surface area contributed by atoms with Crippen molar-refractivity contribution in [2.75, 3.05) is 0 Å². The summed E-state index contributed by atoms with van der Waals surface area (Å²) in [5, 5.41) is 23.5. The first-order chi connectivity index (χ1) is 24.2. The van der Waals surface area contributed by atoms with Crippen LogP contribution in [0, 0.1) is 0 Å². The van der Waals surface area contributed by atoms with Crippen LogP contribution in [0.2, 0.25) is 0 Å². The number of halogens is 2. The average Bonchev–Trinajstić information content (AvgIpc) is 3.11. The van der Waals surface area contributed by atoms with Crippen LogP contribution in [0.3, 0.4) is 0 Å². The third-order valence-electron chi connectivity index (χ3n) is 8.75. The molecule has 6 aromatic carbocycles. The second-order valence-corrected chi connectivity index (χ2v) is 14.0. The van der Waals surface area contributed by atoms with Crippen molar-refractivity contribution in [3.05, 3.63) is 186 Å². The summed E-state index contributed by atoms with van der Waals surface area (Å²) in [5.41, 5.74) is 6.01. The molecule has 6 aromatic rings. The van der Waals surface area contributed by atoms with Gasteiger partial charge in [0.2, 0.25) is 0 Å². The lowest BCUT2D eigenvalue weighted by molar-refractivity contribution is 0.0722. The van der Waals surface area contributed by atoms with Crippen LogP contribution in [0.15, 0.2) is 130 Å². The van der Waals surface area contributed by atoms with E-state index in [-0.39, 0.29) is 37.2 Å². The summed E-state index contributed by atoms with van der Waals surface area (Å²) in [5.74, 6) is -0.107. The number of phenolic OH excluding ortho intramolecular Hbond substituents is 2. The van der Waals surface area contributed by atoms with E-state index < -0.39 is 11.9 Å². The fourth-order valence-corrected chi connectivity index (χ4v) is 7.45. The molecule has 0 saturated carbocycles. The Morgan fingerprint density at radius 1 is 0.440 bits per heavy atom. The Hall–Kier alpha value is -5.18. The number of aromatic hydroxyl groups is 2. The van der Waals surface area contributed by atoms with Crippen molar-refractivity contribution in [3.8, 4) is 23.0 Å². The minimum absolute atomic E-state index is 0.0866. The van der Waals surface area contributed by atoms with Crippen LogP contribution in [0.25, 0.3) is 0 Å². The van der Waals surface area contributed by atoms with Crippen LogP contribution in [-0.4, -0.2) is 22.2 Å². The van der Waals surface area contributed by atoms with Gasteiger partial charge in [-0.2, -0.15) is 0 Å². The van der Waals surface area contributed by atoms with Crippen molar-refractivity contribution in [3.63, 3.8) is 0 Å². The molecular weight excluding hydrogens is 760 g/mol. The number of benzene rings is 6. The summed E-state index contributed by atoms with van der Waals surface area (Å²) < 4.78 is 13.8. The number of ether oxygens (including phenoxy) is 2. The molecule has 0 aromatic heterocycles. The summed E-state index contributed by atoms with van der Waals surface area (Å²) >= 11 is 7.28. The molecule has 6 nitrogen and oxygen atoms in total. The minimum atomic E-state index is -0.511. The van der Waals surface area contributed by atoms with Crippen molar-refractivity contribution in [2.24, 2.45) is 0 Å². The van der Waals surface area contributed by atoms with Gasteiger partial charge in [-0.3, -0.25) is 0 Å². The Morgan fingerprint density at radius 2 is 0.740 bits per heavy atom. The summed E-state index contributed by atoms with van der Waals surface area (Å²) in [6.45, 7) is 0. The van der Waals surface area contributed by atoms with E-state index in [1.54, 1.807) is 48.5 Å². The van der Waals surface area contributed by atoms with Crippen molar-refractivity contribution < 1.29 is 29.3 Å². The first kappa shape index (κ1) is 33.3. The van der Waals surface area contributed by atoms with Crippen LogP contribution in [0.5, 0.6) is 23.0 Å². The highest BCUT2D eigenvalue weighted by Crippen LogP contribution is 2.40. The van der Waals surface area contributed by atoms with Crippen molar-refractivity contribution in [1.29, 1.82) is 0 Å². The van der Waals surface area contributed by atoms with E-state index in [4.69, 9.17) is 9.47 Å². The number of carbonyl (C=O) groups is 2. The number of carbonyl (C=O) groups excluding carboxylic acids is 2. The lowest BCUT2D eigenvalue weighted by atomic mass is 9.91. The number of fused-ring (bicyclic) bond motifs is 8. The molecular formula is C42H30Br2O6. The molecule has 8 heteroatoms. The van der Waals surface area contributed by atoms with Crippen LogP contribution in [-0.2, 0) is 25.7 Å². The van der Waals surface area contributed by atoms with E-state index in [1.165, 1.54) is 0 Å². The van der Waals surface area contributed by atoms with E-state index >= 15 is 0 Å². The van der Waals surface area contributed by atoms with Gasteiger partial charge in [-0.15, -0.1) is 0 Å². The molecule has 0 atom stereocenters. The summed E-state index contributed by atoms with van der Waals surface area (Å²) in [4.78, 5) is 26.9. The van der Waals surface area contributed by atoms with Gasteiger partial charge in [-0.1, -0.05) is 105 Å². The standard InChI is InChI=1S/C42H30Br2O6/c43-35-21-31-17-27-13-7-14-28(39(27)49-41(47)25-9-3-1-4-10-25)18-32-22-36(44)24-34(38(32)46)20-30-16-8-15-29(19-33(23-35)37(31)45)40(30)50-42(48)26-11-5-2-6-12-26/h1-16,21-24,45-46H,17-20H2. The minimum Gasteiger partial charge on any atom is -0.507 e. The molecule has 0 unspecified atom stereocenters. The topological polar surface area (TPSA) is 93.1 Å². The van der Waals surface area contributed by atoms with E-state index in [1.807, 2.05) is 72.8 Å². The Labute approximate surface area is 306 Å². The van der Waals surface area contributed by atoms with Gasteiger partial charge in [0.1, 0.15) is 23.0 Å². The largest absolute Gasteiger partial charge is 0.507 e. The monoisotopic (exact) mass is 788 g/mol. The zero-order valence-electron chi connectivity index (χ0n) is 26.7. The zero-order chi connectivity index (χ0) is 34.8. The fourth-order valence-electron chi connectivity index (χ4n) is 6.34.